The molecule has 90 valence electrons. The predicted octanol–water partition coefficient (Wildman–Crippen LogP) is 2.44. The van der Waals surface area contributed by atoms with Crippen LogP contribution in [0.25, 0.3) is 0 Å². The Labute approximate surface area is 103 Å². The number of nitro groups is 1. The first-order chi connectivity index (χ1) is 8.75. The van der Waals surface area contributed by atoms with E-state index in [4.69, 9.17) is 0 Å². The lowest BCUT2D eigenvalue weighted by Gasteiger charge is -1.97. The van der Waals surface area contributed by atoms with Crippen LogP contribution in [0.15, 0.2) is 53.8 Å². The molecule has 6 heteroatoms. The van der Waals surface area contributed by atoms with Crippen LogP contribution in [-0.2, 0) is 0 Å². The van der Waals surface area contributed by atoms with E-state index in [0.717, 1.165) is 5.56 Å². The van der Waals surface area contributed by atoms with Crippen molar-refractivity contribution in [2.24, 2.45) is 5.10 Å². The Morgan fingerprint density at radius 3 is 2.61 bits per heavy atom. The molecular formula is C12H10N4O2. The molecule has 0 aliphatic heterocycles. The quantitative estimate of drug-likeness (QED) is 0.507. The molecule has 1 aromatic heterocycles. The lowest BCUT2D eigenvalue weighted by atomic mass is 10.2. The summed E-state index contributed by atoms with van der Waals surface area (Å²) >= 11 is 0. The molecule has 1 aromatic carbocycles. The second-order valence-corrected chi connectivity index (χ2v) is 3.43. The maximum Gasteiger partial charge on any atom is 0.269 e. The molecule has 2 rings (SSSR count). The number of non-ortho nitro benzene ring substituents is 1. The molecule has 0 saturated heterocycles. The molecule has 0 saturated carbocycles. The smallest absolute Gasteiger partial charge is 0.261 e. The number of anilines is 1. The van der Waals surface area contributed by atoms with E-state index < -0.39 is 4.92 Å². The third-order valence-electron chi connectivity index (χ3n) is 2.16. The molecule has 0 aliphatic rings. The summed E-state index contributed by atoms with van der Waals surface area (Å²) in [5.41, 5.74) is 3.58. The number of hydrogen-bond donors (Lipinski definition) is 1. The maximum atomic E-state index is 10.5. The maximum absolute atomic E-state index is 10.5. The number of aromatic nitrogens is 1. The third kappa shape index (κ3) is 3.11. The van der Waals surface area contributed by atoms with E-state index in [-0.39, 0.29) is 5.69 Å². The topological polar surface area (TPSA) is 80.4 Å². The van der Waals surface area contributed by atoms with Gasteiger partial charge in [-0.15, -0.1) is 0 Å². The van der Waals surface area contributed by atoms with Crippen LogP contribution in [-0.4, -0.2) is 16.1 Å². The summed E-state index contributed by atoms with van der Waals surface area (Å²) in [7, 11) is 0. The standard InChI is InChI=1S/C12H10N4O2/c17-16(18)11-6-4-10(5-7-11)9-14-15-12-3-1-2-8-13-12/h1-9H,(H,13,15). The van der Waals surface area contributed by atoms with Crippen molar-refractivity contribution in [3.8, 4) is 0 Å². The van der Waals surface area contributed by atoms with E-state index in [1.165, 1.54) is 12.1 Å². The summed E-state index contributed by atoms with van der Waals surface area (Å²) in [6.45, 7) is 0. The van der Waals surface area contributed by atoms with Crippen molar-refractivity contribution in [2.75, 3.05) is 5.43 Å². The number of nitrogens with zero attached hydrogens (tertiary/aromatic N) is 3. The molecule has 0 atom stereocenters. The van der Waals surface area contributed by atoms with Crippen molar-refractivity contribution >= 4 is 17.7 Å². The van der Waals surface area contributed by atoms with Crippen molar-refractivity contribution in [1.82, 2.24) is 4.98 Å². The highest BCUT2D eigenvalue weighted by Crippen LogP contribution is 2.10. The van der Waals surface area contributed by atoms with Gasteiger partial charge in [0.05, 0.1) is 11.1 Å². The molecule has 1 N–H and O–H groups in total. The van der Waals surface area contributed by atoms with Crippen molar-refractivity contribution in [3.63, 3.8) is 0 Å². The van der Waals surface area contributed by atoms with Gasteiger partial charge in [0.2, 0.25) is 0 Å². The van der Waals surface area contributed by atoms with Crippen LogP contribution >= 0.6 is 0 Å². The fourth-order valence-electron chi connectivity index (χ4n) is 1.28. The number of hydrazone groups is 1. The highest BCUT2D eigenvalue weighted by molar-refractivity contribution is 5.80. The van der Waals surface area contributed by atoms with E-state index in [1.54, 1.807) is 30.6 Å². The van der Waals surface area contributed by atoms with Crippen LogP contribution in [0.2, 0.25) is 0 Å². The van der Waals surface area contributed by atoms with Gasteiger partial charge in [-0.2, -0.15) is 5.10 Å². The van der Waals surface area contributed by atoms with E-state index in [2.05, 4.69) is 15.5 Å². The lowest BCUT2D eigenvalue weighted by Crippen LogP contribution is -1.93. The Bertz CT molecular complexity index is 552. The molecule has 6 nitrogen and oxygen atoms in total. The molecule has 0 radical (unpaired) electrons. The second kappa shape index (κ2) is 5.53. The summed E-state index contributed by atoms with van der Waals surface area (Å²) in [4.78, 5) is 14.1. The van der Waals surface area contributed by atoms with E-state index in [1.807, 2.05) is 12.1 Å². The van der Waals surface area contributed by atoms with Crippen LogP contribution in [0.4, 0.5) is 11.5 Å². The Kier molecular flexibility index (Phi) is 3.60. The van der Waals surface area contributed by atoms with Gasteiger partial charge in [-0.05, 0) is 29.8 Å². The van der Waals surface area contributed by atoms with Gasteiger partial charge in [0.1, 0.15) is 5.82 Å². The Morgan fingerprint density at radius 1 is 1.22 bits per heavy atom. The summed E-state index contributed by atoms with van der Waals surface area (Å²) in [6, 6.07) is 11.6. The fourth-order valence-corrected chi connectivity index (χ4v) is 1.28. The van der Waals surface area contributed by atoms with Crippen molar-refractivity contribution < 1.29 is 4.92 Å². The molecular weight excluding hydrogens is 232 g/mol. The summed E-state index contributed by atoms with van der Waals surface area (Å²) in [5, 5.41) is 14.4. The summed E-state index contributed by atoms with van der Waals surface area (Å²) < 4.78 is 0. The number of nitro benzene ring substituents is 1. The first-order valence-corrected chi connectivity index (χ1v) is 5.20. The van der Waals surface area contributed by atoms with Crippen LogP contribution in [0.3, 0.4) is 0 Å². The lowest BCUT2D eigenvalue weighted by molar-refractivity contribution is -0.384. The van der Waals surface area contributed by atoms with Gasteiger partial charge in [0.15, 0.2) is 0 Å². The molecule has 0 bridgehead atoms. The van der Waals surface area contributed by atoms with Gasteiger partial charge in [-0.3, -0.25) is 15.5 Å². The minimum atomic E-state index is -0.437. The predicted molar refractivity (Wildman–Crippen MR) is 68.6 cm³/mol. The van der Waals surface area contributed by atoms with Crippen LogP contribution < -0.4 is 5.43 Å². The minimum Gasteiger partial charge on any atom is -0.261 e. The Balaban J connectivity index is 1.99. The van der Waals surface area contributed by atoms with Crippen molar-refractivity contribution in [2.45, 2.75) is 0 Å². The van der Waals surface area contributed by atoms with Crippen molar-refractivity contribution in [3.05, 3.63) is 64.3 Å². The molecule has 0 fully saturated rings. The van der Waals surface area contributed by atoms with Gasteiger partial charge >= 0.3 is 0 Å². The number of benzene rings is 1. The Morgan fingerprint density at radius 2 is 2.00 bits per heavy atom. The van der Waals surface area contributed by atoms with Gasteiger partial charge in [-0.25, -0.2) is 4.98 Å². The van der Waals surface area contributed by atoms with Crippen molar-refractivity contribution in [1.29, 1.82) is 0 Å². The number of pyridine rings is 1. The zero-order chi connectivity index (χ0) is 12.8. The molecule has 0 spiro atoms. The third-order valence-corrected chi connectivity index (χ3v) is 2.16. The minimum absolute atomic E-state index is 0.0600. The normalized spacial score (nSPS) is 10.4. The number of hydrogen-bond acceptors (Lipinski definition) is 5. The molecule has 1 heterocycles. The van der Waals surface area contributed by atoms with Crippen LogP contribution in [0, 0.1) is 10.1 Å². The zero-order valence-electron chi connectivity index (χ0n) is 9.35. The average Bonchev–Trinajstić information content (AvgIpc) is 2.40. The summed E-state index contributed by atoms with van der Waals surface area (Å²) in [5.74, 6) is 0.635. The second-order valence-electron chi connectivity index (χ2n) is 3.43. The highest BCUT2D eigenvalue weighted by Gasteiger charge is 2.02. The van der Waals surface area contributed by atoms with E-state index in [9.17, 15) is 10.1 Å². The van der Waals surface area contributed by atoms with Gasteiger partial charge in [0, 0.05) is 18.3 Å². The van der Waals surface area contributed by atoms with E-state index in [0.29, 0.717) is 5.82 Å². The number of rotatable bonds is 4. The fraction of sp³-hybridized carbons (Fsp3) is 0. The molecule has 0 unspecified atom stereocenters. The van der Waals surface area contributed by atoms with Gasteiger partial charge < -0.3 is 0 Å². The van der Waals surface area contributed by atoms with E-state index >= 15 is 0 Å². The molecule has 18 heavy (non-hydrogen) atoms. The molecule has 0 amide bonds. The molecule has 0 aliphatic carbocycles. The average molecular weight is 242 g/mol. The van der Waals surface area contributed by atoms with Gasteiger partial charge in [0.25, 0.3) is 5.69 Å². The summed E-state index contributed by atoms with van der Waals surface area (Å²) in [6.07, 6.45) is 3.22. The first-order valence-electron chi connectivity index (χ1n) is 5.20. The Hall–Kier alpha value is -2.76. The van der Waals surface area contributed by atoms with Crippen LogP contribution in [0.5, 0.6) is 0 Å². The highest BCUT2D eigenvalue weighted by atomic mass is 16.6. The largest absolute Gasteiger partial charge is 0.269 e. The van der Waals surface area contributed by atoms with Crippen LogP contribution in [0.1, 0.15) is 5.56 Å². The SMILES string of the molecule is O=[N+]([O-])c1ccc(C=NNc2ccccn2)cc1. The molecule has 2 aromatic rings. The van der Waals surface area contributed by atoms with Gasteiger partial charge in [-0.1, -0.05) is 6.07 Å². The number of nitrogens with one attached hydrogen (secondary N) is 1. The zero-order valence-corrected chi connectivity index (χ0v) is 9.35. The first kappa shape index (κ1) is 11.7. The monoisotopic (exact) mass is 242 g/mol.